The Balaban J connectivity index is 2.03. The molecule has 26 heavy (non-hydrogen) atoms. The number of aliphatic hydroxyl groups excluding tert-OH is 1. The zero-order valence-corrected chi connectivity index (χ0v) is 16.2. The second-order valence-electron chi connectivity index (χ2n) is 6.73. The number of hydrogen-bond donors (Lipinski definition) is 2. The van der Waals surface area contributed by atoms with Gasteiger partial charge in [-0.25, -0.2) is 9.18 Å². The van der Waals surface area contributed by atoms with Crippen LogP contribution in [0, 0.1) is 12.7 Å². The van der Waals surface area contributed by atoms with Crippen LogP contribution in [-0.4, -0.2) is 33.1 Å². The summed E-state index contributed by atoms with van der Waals surface area (Å²) in [6.07, 6.45) is -0.493. The molecule has 0 aliphatic heterocycles. The summed E-state index contributed by atoms with van der Waals surface area (Å²) in [7, 11) is 0. The van der Waals surface area contributed by atoms with Gasteiger partial charge in [-0.1, -0.05) is 11.8 Å². The molecule has 0 radical (unpaired) electrons. The molecule has 0 bridgehead atoms. The van der Waals surface area contributed by atoms with Gasteiger partial charge in [0.2, 0.25) is 0 Å². The Kier molecular flexibility index (Phi) is 6.66. The molecule has 0 aliphatic carbocycles. The molecule has 0 atom stereocenters. The van der Waals surface area contributed by atoms with Crippen molar-refractivity contribution in [3.8, 4) is 0 Å². The maximum atomic E-state index is 13.1. The minimum atomic E-state index is -0.554. The molecular formula is C18H24FN3O3S. The van der Waals surface area contributed by atoms with Gasteiger partial charge in [0.1, 0.15) is 11.4 Å². The van der Waals surface area contributed by atoms with E-state index in [1.807, 2.05) is 6.92 Å². The van der Waals surface area contributed by atoms with Gasteiger partial charge in [0.15, 0.2) is 0 Å². The lowest BCUT2D eigenvalue weighted by molar-refractivity contribution is 0.0525. The van der Waals surface area contributed by atoms with Crippen LogP contribution in [0.4, 0.5) is 9.18 Å². The Hall–Kier alpha value is -2.06. The van der Waals surface area contributed by atoms with Gasteiger partial charge in [0.25, 0.3) is 0 Å². The highest BCUT2D eigenvalue weighted by Crippen LogP contribution is 2.33. The summed E-state index contributed by atoms with van der Waals surface area (Å²) in [5.74, 6) is -0.294. The minimum absolute atomic E-state index is 0.184. The predicted octanol–water partition coefficient (Wildman–Crippen LogP) is 3.50. The number of carbonyl (C=O) groups is 1. The van der Waals surface area contributed by atoms with E-state index in [-0.39, 0.29) is 12.4 Å². The molecule has 1 aromatic heterocycles. The monoisotopic (exact) mass is 381 g/mol. The highest BCUT2D eigenvalue weighted by Gasteiger charge is 2.18. The number of aryl methyl sites for hydroxylation is 1. The van der Waals surface area contributed by atoms with E-state index < -0.39 is 11.7 Å². The lowest BCUT2D eigenvalue weighted by Gasteiger charge is -2.19. The molecule has 1 amide bonds. The number of amides is 1. The van der Waals surface area contributed by atoms with Crippen molar-refractivity contribution in [2.45, 2.75) is 56.2 Å². The maximum Gasteiger partial charge on any atom is 0.407 e. The summed E-state index contributed by atoms with van der Waals surface area (Å²) in [6.45, 7) is 7.79. The summed E-state index contributed by atoms with van der Waals surface area (Å²) in [4.78, 5) is 13.4. The average molecular weight is 381 g/mol. The van der Waals surface area contributed by atoms with E-state index in [4.69, 9.17) is 4.74 Å². The van der Waals surface area contributed by atoms with Crippen LogP contribution in [0.1, 0.15) is 32.2 Å². The standard InChI is InChI=1S/C18H24FN3O3S/c1-12-16(26-14-7-5-13(19)6-8-14)15(11-23)22(21-12)10-9-20-17(24)25-18(2,3)4/h5-8,23H,9-11H2,1-4H3,(H,20,24). The fourth-order valence-corrected chi connectivity index (χ4v) is 3.27. The zero-order valence-electron chi connectivity index (χ0n) is 15.4. The number of rotatable bonds is 6. The number of benzene rings is 1. The molecule has 2 N–H and O–H groups in total. The van der Waals surface area contributed by atoms with Crippen molar-refractivity contribution in [2.75, 3.05) is 6.54 Å². The molecule has 142 valence electrons. The predicted molar refractivity (Wildman–Crippen MR) is 97.6 cm³/mol. The molecule has 8 heteroatoms. The summed E-state index contributed by atoms with van der Waals surface area (Å²) < 4.78 is 19.9. The number of nitrogens with one attached hydrogen (secondary N) is 1. The third-order valence-electron chi connectivity index (χ3n) is 3.35. The van der Waals surface area contributed by atoms with Crippen LogP contribution in [0.15, 0.2) is 34.1 Å². The fourth-order valence-electron chi connectivity index (χ4n) is 2.28. The van der Waals surface area contributed by atoms with Crippen LogP contribution >= 0.6 is 11.8 Å². The first-order valence-corrected chi connectivity index (χ1v) is 9.08. The summed E-state index contributed by atoms with van der Waals surface area (Å²) in [6, 6.07) is 6.15. The highest BCUT2D eigenvalue weighted by molar-refractivity contribution is 7.99. The van der Waals surface area contributed by atoms with Crippen molar-refractivity contribution in [2.24, 2.45) is 0 Å². The molecular weight excluding hydrogens is 357 g/mol. The average Bonchev–Trinajstić information content (AvgIpc) is 2.83. The number of ether oxygens (including phenoxy) is 1. The van der Waals surface area contributed by atoms with E-state index >= 15 is 0 Å². The Labute approximate surface area is 156 Å². The van der Waals surface area contributed by atoms with E-state index in [2.05, 4.69) is 10.4 Å². The number of aromatic nitrogens is 2. The first-order chi connectivity index (χ1) is 12.2. The molecule has 2 rings (SSSR count). The van der Waals surface area contributed by atoms with E-state index in [0.29, 0.717) is 18.8 Å². The van der Waals surface area contributed by atoms with Crippen molar-refractivity contribution in [3.05, 3.63) is 41.5 Å². The zero-order chi connectivity index (χ0) is 19.3. The second kappa shape index (κ2) is 8.55. The molecule has 1 aromatic carbocycles. The molecule has 2 aromatic rings. The number of hydrogen-bond acceptors (Lipinski definition) is 5. The molecule has 0 saturated carbocycles. The topological polar surface area (TPSA) is 76.4 Å². The van der Waals surface area contributed by atoms with Gasteiger partial charge in [0, 0.05) is 11.4 Å². The van der Waals surface area contributed by atoms with Crippen LogP contribution < -0.4 is 5.32 Å². The van der Waals surface area contributed by atoms with Crippen LogP contribution in [0.2, 0.25) is 0 Å². The summed E-state index contributed by atoms with van der Waals surface area (Å²) in [5.41, 5.74) is 0.866. The van der Waals surface area contributed by atoms with Crippen molar-refractivity contribution in [1.82, 2.24) is 15.1 Å². The first kappa shape index (κ1) is 20.3. The molecule has 0 unspecified atom stereocenters. The van der Waals surface area contributed by atoms with E-state index in [1.54, 1.807) is 37.6 Å². The van der Waals surface area contributed by atoms with Crippen molar-refractivity contribution < 1.29 is 19.0 Å². The smallest absolute Gasteiger partial charge is 0.407 e. The Morgan fingerprint density at radius 1 is 1.35 bits per heavy atom. The number of aliphatic hydroxyl groups is 1. The molecule has 1 heterocycles. The molecule has 6 nitrogen and oxygen atoms in total. The van der Waals surface area contributed by atoms with Crippen LogP contribution in [0.5, 0.6) is 0 Å². The van der Waals surface area contributed by atoms with Gasteiger partial charge < -0.3 is 15.2 Å². The SMILES string of the molecule is Cc1nn(CCNC(=O)OC(C)(C)C)c(CO)c1Sc1ccc(F)cc1. The first-order valence-electron chi connectivity index (χ1n) is 8.27. The van der Waals surface area contributed by atoms with Crippen molar-refractivity contribution in [3.63, 3.8) is 0 Å². The normalized spacial score (nSPS) is 11.5. The number of carbonyl (C=O) groups excluding carboxylic acids is 1. The third-order valence-corrected chi connectivity index (χ3v) is 4.59. The van der Waals surface area contributed by atoms with E-state index in [0.717, 1.165) is 15.5 Å². The van der Waals surface area contributed by atoms with Crippen molar-refractivity contribution >= 4 is 17.9 Å². The van der Waals surface area contributed by atoms with Crippen LogP contribution in [-0.2, 0) is 17.9 Å². The lowest BCUT2D eigenvalue weighted by Crippen LogP contribution is -2.34. The van der Waals surface area contributed by atoms with Crippen LogP contribution in [0.3, 0.4) is 0 Å². The summed E-state index contributed by atoms with van der Waals surface area (Å²) in [5, 5.41) is 16.9. The van der Waals surface area contributed by atoms with Gasteiger partial charge in [0.05, 0.1) is 29.4 Å². The Bertz CT molecular complexity index is 754. The number of nitrogens with zero attached hydrogens (tertiary/aromatic N) is 2. The van der Waals surface area contributed by atoms with Gasteiger partial charge in [-0.05, 0) is 52.0 Å². The number of alkyl carbamates (subject to hydrolysis) is 1. The summed E-state index contributed by atoms with van der Waals surface area (Å²) >= 11 is 1.42. The van der Waals surface area contributed by atoms with Crippen LogP contribution in [0.25, 0.3) is 0 Å². The maximum absolute atomic E-state index is 13.1. The Morgan fingerprint density at radius 2 is 2.00 bits per heavy atom. The van der Waals surface area contributed by atoms with Gasteiger partial charge in [-0.15, -0.1) is 0 Å². The minimum Gasteiger partial charge on any atom is -0.444 e. The third kappa shape index (κ3) is 5.74. The van der Waals surface area contributed by atoms with Gasteiger partial charge >= 0.3 is 6.09 Å². The second-order valence-corrected chi connectivity index (χ2v) is 7.81. The largest absolute Gasteiger partial charge is 0.444 e. The molecule has 0 saturated heterocycles. The van der Waals surface area contributed by atoms with Crippen molar-refractivity contribution in [1.29, 1.82) is 0 Å². The molecule has 0 aliphatic rings. The quantitative estimate of drug-likeness (QED) is 0.801. The molecule has 0 spiro atoms. The van der Waals surface area contributed by atoms with E-state index in [9.17, 15) is 14.3 Å². The lowest BCUT2D eigenvalue weighted by atomic mass is 10.2. The van der Waals surface area contributed by atoms with Gasteiger partial charge in [-0.3, -0.25) is 4.68 Å². The Morgan fingerprint density at radius 3 is 2.58 bits per heavy atom. The highest BCUT2D eigenvalue weighted by atomic mass is 32.2. The molecule has 0 fully saturated rings. The van der Waals surface area contributed by atoms with Gasteiger partial charge in [-0.2, -0.15) is 5.10 Å². The fraction of sp³-hybridized carbons (Fsp3) is 0.444. The number of halogens is 1. The van der Waals surface area contributed by atoms with E-state index in [1.165, 1.54) is 23.9 Å².